The minimum Gasteiger partial charge on any atom is -0.338 e. The maximum atomic E-state index is 12.3. The molecule has 0 heterocycles. The molecule has 20 heavy (non-hydrogen) atoms. The van der Waals surface area contributed by atoms with Crippen molar-refractivity contribution in [2.45, 2.75) is 24.8 Å². The van der Waals surface area contributed by atoms with Crippen LogP contribution in [0.5, 0.6) is 0 Å². The number of aryl methyl sites for hydroxylation is 1. The van der Waals surface area contributed by atoms with Gasteiger partial charge < -0.3 is 10.6 Å². The summed E-state index contributed by atoms with van der Waals surface area (Å²) in [6.45, 7) is 3.97. The van der Waals surface area contributed by atoms with E-state index in [-0.39, 0.29) is 29.3 Å². The maximum absolute atomic E-state index is 12.3. The Morgan fingerprint density at radius 3 is 2.40 bits per heavy atom. The molecule has 1 unspecified atom stereocenters. The SMILES string of the molecule is Cc1ccc(S(C)(=O)=O)cc1C(=O)N(C)C(C)CN.Cl. The summed E-state index contributed by atoms with van der Waals surface area (Å²) in [6.07, 6.45) is 1.12. The van der Waals surface area contributed by atoms with E-state index in [0.29, 0.717) is 12.1 Å². The van der Waals surface area contributed by atoms with E-state index in [4.69, 9.17) is 5.73 Å². The van der Waals surface area contributed by atoms with E-state index in [9.17, 15) is 13.2 Å². The molecule has 0 radical (unpaired) electrons. The van der Waals surface area contributed by atoms with Gasteiger partial charge >= 0.3 is 0 Å². The van der Waals surface area contributed by atoms with Crippen molar-refractivity contribution < 1.29 is 13.2 Å². The summed E-state index contributed by atoms with van der Waals surface area (Å²) >= 11 is 0. The Kier molecular flexibility index (Phi) is 6.67. The maximum Gasteiger partial charge on any atom is 0.254 e. The lowest BCUT2D eigenvalue weighted by atomic mass is 10.1. The fraction of sp³-hybridized carbons (Fsp3) is 0.462. The molecule has 2 N–H and O–H groups in total. The number of hydrogen-bond donors (Lipinski definition) is 1. The summed E-state index contributed by atoms with van der Waals surface area (Å²) in [4.78, 5) is 14.0. The van der Waals surface area contributed by atoms with Crippen LogP contribution in [0, 0.1) is 6.92 Å². The van der Waals surface area contributed by atoms with E-state index in [1.807, 2.05) is 6.92 Å². The van der Waals surface area contributed by atoms with Gasteiger partial charge in [0.2, 0.25) is 0 Å². The second kappa shape index (κ2) is 7.06. The average molecular weight is 321 g/mol. The van der Waals surface area contributed by atoms with Crippen LogP contribution in [0.15, 0.2) is 23.1 Å². The molecule has 1 rings (SSSR count). The number of nitrogens with zero attached hydrogens (tertiary/aromatic N) is 1. The van der Waals surface area contributed by atoms with Crippen molar-refractivity contribution in [3.8, 4) is 0 Å². The largest absolute Gasteiger partial charge is 0.338 e. The first-order valence-corrected chi connectivity index (χ1v) is 7.85. The third-order valence-corrected chi connectivity index (χ3v) is 4.30. The predicted octanol–water partition coefficient (Wildman–Crippen LogP) is 1.24. The second-order valence-electron chi connectivity index (χ2n) is 4.75. The molecule has 1 aromatic rings. The molecule has 0 bridgehead atoms. The monoisotopic (exact) mass is 320 g/mol. The Bertz CT molecular complexity index is 587. The quantitative estimate of drug-likeness (QED) is 0.905. The third kappa shape index (κ3) is 4.19. The minimum atomic E-state index is -3.32. The molecule has 0 aliphatic rings. The van der Waals surface area contributed by atoms with Gasteiger partial charge in [-0.15, -0.1) is 12.4 Å². The number of sulfone groups is 1. The number of carbonyl (C=O) groups is 1. The van der Waals surface area contributed by atoms with Crippen LogP contribution in [0.25, 0.3) is 0 Å². The van der Waals surface area contributed by atoms with Crippen LogP contribution in [0.4, 0.5) is 0 Å². The first kappa shape index (κ1) is 18.9. The first-order chi connectivity index (χ1) is 8.68. The minimum absolute atomic E-state index is 0. The number of nitrogens with two attached hydrogens (primary N) is 1. The lowest BCUT2D eigenvalue weighted by Gasteiger charge is -2.24. The van der Waals surface area contributed by atoms with Crippen molar-refractivity contribution in [1.82, 2.24) is 4.90 Å². The van der Waals surface area contributed by atoms with Crippen LogP contribution in [0.2, 0.25) is 0 Å². The van der Waals surface area contributed by atoms with E-state index in [1.54, 1.807) is 20.0 Å². The highest BCUT2D eigenvalue weighted by atomic mass is 35.5. The van der Waals surface area contributed by atoms with Gasteiger partial charge in [-0.25, -0.2) is 8.42 Å². The van der Waals surface area contributed by atoms with Gasteiger partial charge in [0, 0.05) is 31.5 Å². The molecule has 0 aromatic heterocycles. The van der Waals surface area contributed by atoms with Gasteiger partial charge in [-0.3, -0.25) is 4.79 Å². The van der Waals surface area contributed by atoms with Gasteiger partial charge in [-0.05, 0) is 31.5 Å². The van der Waals surface area contributed by atoms with Crippen molar-refractivity contribution in [3.63, 3.8) is 0 Å². The predicted molar refractivity (Wildman–Crippen MR) is 82.1 cm³/mol. The van der Waals surface area contributed by atoms with Gasteiger partial charge in [0.05, 0.1) is 4.90 Å². The zero-order valence-corrected chi connectivity index (χ0v) is 13.7. The van der Waals surface area contributed by atoms with Gasteiger partial charge in [0.1, 0.15) is 0 Å². The van der Waals surface area contributed by atoms with Gasteiger partial charge in [-0.1, -0.05) is 6.07 Å². The highest BCUT2D eigenvalue weighted by molar-refractivity contribution is 7.90. The summed E-state index contributed by atoms with van der Waals surface area (Å²) in [5.74, 6) is -0.221. The number of carbonyl (C=O) groups excluding carboxylic acids is 1. The molecule has 5 nitrogen and oxygen atoms in total. The number of benzene rings is 1. The van der Waals surface area contributed by atoms with Crippen molar-refractivity contribution in [1.29, 1.82) is 0 Å². The van der Waals surface area contributed by atoms with E-state index in [1.165, 1.54) is 17.0 Å². The second-order valence-corrected chi connectivity index (χ2v) is 6.77. The summed E-state index contributed by atoms with van der Waals surface area (Å²) < 4.78 is 23.1. The molecule has 0 spiro atoms. The molecule has 7 heteroatoms. The number of amides is 1. The Morgan fingerprint density at radius 2 is 1.95 bits per heavy atom. The van der Waals surface area contributed by atoms with Gasteiger partial charge in [0.15, 0.2) is 9.84 Å². The number of halogens is 1. The Hall–Kier alpha value is -1.11. The van der Waals surface area contributed by atoms with E-state index in [0.717, 1.165) is 11.8 Å². The van der Waals surface area contributed by atoms with Gasteiger partial charge in [-0.2, -0.15) is 0 Å². The van der Waals surface area contributed by atoms with E-state index in [2.05, 4.69) is 0 Å². The fourth-order valence-electron chi connectivity index (χ4n) is 1.61. The zero-order valence-electron chi connectivity index (χ0n) is 12.1. The Balaban J connectivity index is 0.00000361. The summed E-state index contributed by atoms with van der Waals surface area (Å²) in [5.41, 5.74) is 6.67. The van der Waals surface area contributed by atoms with E-state index >= 15 is 0 Å². The molecule has 0 saturated heterocycles. The highest BCUT2D eigenvalue weighted by Gasteiger charge is 2.20. The first-order valence-electron chi connectivity index (χ1n) is 5.96. The molecule has 0 aliphatic carbocycles. The molecule has 1 atom stereocenters. The average Bonchev–Trinajstić information content (AvgIpc) is 2.35. The molecule has 1 amide bonds. The molecule has 0 aliphatic heterocycles. The fourth-order valence-corrected chi connectivity index (χ4v) is 2.26. The van der Waals surface area contributed by atoms with Crippen LogP contribution < -0.4 is 5.73 Å². The summed E-state index contributed by atoms with van der Waals surface area (Å²) in [5, 5.41) is 0. The number of rotatable bonds is 4. The standard InChI is InChI=1S/C13H20N2O3S.ClH/c1-9-5-6-11(19(4,17)18)7-12(9)13(16)15(3)10(2)8-14;/h5-7,10H,8,14H2,1-4H3;1H. The Morgan fingerprint density at radius 1 is 1.40 bits per heavy atom. The lowest BCUT2D eigenvalue weighted by molar-refractivity contribution is 0.0747. The third-order valence-electron chi connectivity index (χ3n) is 3.19. The van der Waals surface area contributed by atoms with E-state index < -0.39 is 9.84 Å². The number of hydrogen-bond acceptors (Lipinski definition) is 4. The van der Waals surface area contributed by atoms with Crippen LogP contribution in [0.1, 0.15) is 22.8 Å². The molecule has 1 aromatic carbocycles. The lowest BCUT2D eigenvalue weighted by Crippen LogP contribution is -2.40. The highest BCUT2D eigenvalue weighted by Crippen LogP contribution is 2.17. The smallest absolute Gasteiger partial charge is 0.254 e. The van der Waals surface area contributed by atoms with Crippen molar-refractivity contribution in [2.75, 3.05) is 19.8 Å². The summed E-state index contributed by atoms with van der Waals surface area (Å²) in [7, 11) is -1.66. The van der Waals surface area contributed by atoms with Crippen LogP contribution in [0.3, 0.4) is 0 Å². The zero-order chi connectivity index (χ0) is 14.8. The normalized spacial score (nSPS) is 12.4. The summed E-state index contributed by atoms with van der Waals surface area (Å²) in [6, 6.07) is 4.47. The molecule has 114 valence electrons. The van der Waals surface area contributed by atoms with Crippen molar-refractivity contribution in [2.24, 2.45) is 5.73 Å². The van der Waals surface area contributed by atoms with Crippen LogP contribution in [-0.4, -0.2) is 45.1 Å². The van der Waals surface area contributed by atoms with Gasteiger partial charge in [0.25, 0.3) is 5.91 Å². The topological polar surface area (TPSA) is 80.5 Å². The molecular weight excluding hydrogens is 300 g/mol. The van der Waals surface area contributed by atoms with Crippen molar-refractivity contribution in [3.05, 3.63) is 29.3 Å². The Labute approximate surface area is 126 Å². The molecule has 0 fully saturated rings. The molecule has 0 saturated carbocycles. The number of likely N-dealkylation sites (N-methyl/N-ethyl adjacent to an activating group) is 1. The molecular formula is C13H21ClN2O3S. The van der Waals surface area contributed by atoms with Crippen molar-refractivity contribution >= 4 is 28.2 Å². The van der Waals surface area contributed by atoms with Crippen LogP contribution in [-0.2, 0) is 9.84 Å². The van der Waals surface area contributed by atoms with Crippen LogP contribution >= 0.6 is 12.4 Å².